The standard InChI is InChI=1S/C13H16O2/c1-2-5-11-9-12(8-10(11)4-1)15-13-6-3-7-14-13/h1-2,4-5,12-13H,3,6-9H2. The smallest absolute Gasteiger partial charge is 0.158 e. The van der Waals surface area contributed by atoms with Crippen LogP contribution in [-0.2, 0) is 22.3 Å². The molecule has 15 heavy (non-hydrogen) atoms. The maximum absolute atomic E-state index is 5.93. The van der Waals surface area contributed by atoms with Crippen molar-refractivity contribution in [3.63, 3.8) is 0 Å². The van der Waals surface area contributed by atoms with Crippen molar-refractivity contribution >= 4 is 0 Å². The zero-order valence-corrected chi connectivity index (χ0v) is 8.82. The lowest BCUT2D eigenvalue weighted by Crippen LogP contribution is -2.21. The van der Waals surface area contributed by atoms with E-state index in [-0.39, 0.29) is 6.29 Å². The summed E-state index contributed by atoms with van der Waals surface area (Å²) in [7, 11) is 0. The summed E-state index contributed by atoms with van der Waals surface area (Å²) < 4.78 is 11.4. The van der Waals surface area contributed by atoms with Crippen molar-refractivity contribution in [2.75, 3.05) is 6.61 Å². The van der Waals surface area contributed by atoms with Crippen LogP contribution in [0.3, 0.4) is 0 Å². The van der Waals surface area contributed by atoms with Crippen LogP contribution in [0.15, 0.2) is 24.3 Å². The molecule has 1 heterocycles. The maximum atomic E-state index is 5.93. The van der Waals surface area contributed by atoms with Crippen LogP contribution in [-0.4, -0.2) is 19.0 Å². The fraction of sp³-hybridized carbons (Fsp3) is 0.538. The molecule has 0 bridgehead atoms. The SMILES string of the molecule is c1ccc2c(c1)CC(OC1CCCO1)C2. The molecule has 1 saturated heterocycles. The minimum absolute atomic E-state index is 0.0595. The number of hydrogen-bond donors (Lipinski definition) is 0. The Balaban J connectivity index is 1.63. The summed E-state index contributed by atoms with van der Waals surface area (Å²) in [6.45, 7) is 0.865. The van der Waals surface area contributed by atoms with Crippen LogP contribution >= 0.6 is 0 Å². The Kier molecular flexibility index (Phi) is 2.47. The first kappa shape index (κ1) is 9.37. The number of benzene rings is 1. The van der Waals surface area contributed by atoms with E-state index in [1.54, 1.807) is 0 Å². The molecule has 0 spiro atoms. The highest BCUT2D eigenvalue weighted by atomic mass is 16.7. The molecule has 0 radical (unpaired) electrons. The monoisotopic (exact) mass is 204 g/mol. The summed E-state index contributed by atoms with van der Waals surface area (Å²) in [6.07, 6.45) is 4.71. The van der Waals surface area contributed by atoms with Crippen molar-refractivity contribution in [1.29, 1.82) is 0 Å². The van der Waals surface area contributed by atoms with Gasteiger partial charge in [-0.25, -0.2) is 0 Å². The van der Waals surface area contributed by atoms with Crippen LogP contribution in [0.2, 0.25) is 0 Å². The lowest BCUT2D eigenvalue weighted by atomic mass is 10.1. The van der Waals surface area contributed by atoms with E-state index in [4.69, 9.17) is 9.47 Å². The van der Waals surface area contributed by atoms with Gasteiger partial charge in [-0.3, -0.25) is 0 Å². The minimum atomic E-state index is 0.0595. The summed E-state index contributed by atoms with van der Waals surface area (Å²) >= 11 is 0. The first-order chi connectivity index (χ1) is 7.42. The zero-order valence-electron chi connectivity index (χ0n) is 8.82. The third-order valence-electron chi connectivity index (χ3n) is 3.25. The summed E-state index contributed by atoms with van der Waals surface area (Å²) in [5, 5.41) is 0. The van der Waals surface area contributed by atoms with Crippen LogP contribution in [0.5, 0.6) is 0 Å². The third kappa shape index (κ3) is 1.92. The highest BCUT2D eigenvalue weighted by Gasteiger charge is 2.26. The molecule has 1 fully saturated rings. The van der Waals surface area contributed by atoms with E-state index in [0.29, 0.717) is 6.10 Å². The molecule has 2 nitrogen and oxygen atoms in total. The first-order valence-corrected chi connectivity index (χ1v) is 5.75. The van der Waals surface area contributed by atoms with Crippen LogP contribution in [0.4, 0.5) is 0 Å². The van der Waals surface area contributed by atoms with Gasteiger partial charge in [0, 0.05) is 13.0 Å². The van der Waals surface area contributed by atoms with Gasteiger partial charge in [-0.1, -0.05) is 24.3 Å². The molecule has 80 valence electrons. The van der Waals surface area contributed by atoms with Gasteiger partial charge in [0.05, 0.1) is 6.10 Å². The molecule has 1 aliphatic heterocycles. The first-order valence-electron chi connectivity index (χ1n) is 5.75. The molecule has 0 N–H and O–H groups in total. The lowest BCUT2D eigenvalue weighted by molar-refractivity contribution is -0.140. The molecule has 1 aromatic carbocycles. The second-order valence-corrected chi connectivity index (χ2v) is 4.38. The van der Waals surface area contributed by atoms with E-state index in [1.807, 2.05) is 0 Å². The van der Waals surface area contributed by atoms with Crippen molar-refractivity contribution in [2.24, 2.45) is 0 Å². The van der Waals surface area contributed by atoms with Crippen molar-refractivity contribution in [2.45, 2.75) is 38.1 Å². The number of ether oxygens (including phenoxy) is 2. The average Bonchev–Trinajstić information content (AvgIpc) is 2.86. The van der Waals surface area contributed by atoms with Crippen LogP contribution in [0.25, 0.3) is 0 Å². The molecule has 1 aromatic rings. The molecule has 1 aliphatic carbocycles. The van der Waals surface area contributed by atoms with E-state index in [9.17, 15) is 0 Å². The fourth-order valence-electron chi connectivity index (χ4n) is 2.48. The topological polar surface area (TPSA) is 18.5 Å². The fourth-order valence-corrected chi connectivity index (χ4v) is 2.48. The largest absolute Gasteiger partial charge is 0.353 e. The Morgan fingerprint density at radius 1 is 1.13 bits per heavy atom. The molecular weight excluding hydrogens is 188 g/mol. The van der Waals surface area contributed by atoms with Gasteiger partial charge >= 0.3 is 0 Å². The van der Waals surface area contributed by atoms with E-state index in [0.717, 1.165) is 32.3 Å². The Morgan fingerprint density at radius 3 is 2.47 bits per heavy atom. The van der Waals surface area contributed by atoms with Crippen LogP contribution < -0.4 is 0 Å². The minimum Gasteiger partial charge on any atom is -0.353 e. The van der Waals surface area contributed by atoms with Crippen molar-refractivity contribution in [3.8, 4) is 0 Å². The molecular formula is C13H16O2. The lowest BCUT2D eigenvalue weighted by Gasteiger charge is -2.16. The number of fused-ring (bicyclic) bond motifs is 1. The van der Waals surface area contributed by atoms with Gasteiger partial charge in [-0.05, 0) is 30.4 Å². The summed E-state index contributed by atoms with van der Waals surface area (Å²) in [6, 6.07) is 8.61. The Hall–Kier alpha value is -0.860. The van der Waals surface area contributed by atoms with Gasteiger partial charge < -0.3 is 9.47 Å². The Morgan fingerprint density at radius 2 is 1.87 bits per heavy atom. The summed E-state index contributed by atoms with van der Waals surface area (Å²) in [4.78, 5) is 0. The molecule has 0 amide bonds. The predicted molar refractivity (Wildman–Crippen MR) is 57.7 cm³/mol. The highest BCUT2D eigenvalue weighted by Crippen LogP contribution is 2.26. The van der Waals surface area contributed by atoms with Gasteiger partial charge in [0.15, 0.2) is 6.29 Å². The van der Waals surface area contributed by atoms with E-state index in [1.165, 1.54) is 11.1 Å². The Bertz CT molecular complexity index is 317. The second-order valence-electron chi connectivity index (χ2n) is 4.38. The number of hydrogen-bond acceptors (Lipinski definition) is 2. The second kappa shape index (κ2) is 3.95. The molecule has 0 aromatic heterocycles. The highest BCUT2D eigenvalue weighted by molar-refractivity contribution is 5.32. The van der Waals surface area contributed by atoms with Gasteiger partial charge in [-0.15, -0.1) is 0 Å². The van der Waals surface area contributed by atoms with Crippen LogP contribution in [0.1, 0.15) is 24.0 Å². The summed E-state index contributed by atoms with van der Waals surface area (Å²) in [5.41, 5.74) is 2.89. The normalized spacial score (nSPS) is 25.7. The van der Waals surface area contributed by atoms with Crippen molar-refractivity contribution in [3.05, 3.63) is 35.4 Å². The van der Waals surface area contributed by atoms with Gasteiger partial charge in [0.1, 0.15) is 0 Å². The average molecular weight is 204 g/mol. The third-order valence-corrected chi connectivity index (χ3v) is 3.25. The quantitative estimate of drug-likeness (QED) is 0.736. The van der Waals surface area contributed by atoms with E-state index >= 15 is 0 Å². The molecule has 0 saturated carbocycles. The van der Waals surface area contributed by atoms with E-state index < -0.39 is 0 Å². The molecule has 2 aliphatic rings. The maximum Gasteiger partial charge on any atom is 0.158 e. The van der Waals surface area contributed by atoms with Crippen LogP contribution in [0, 0.1) is 0 Å². The van der Waals surface area contributed by atoms with Gasteiger partial charge in [-0.2, -0.15) is 0 Å². The molecule has 1 atom stereocenters. The molecule has 2 heteroatoms. The molecule has 3 rings (SSSR count). The van der Waals surface area contributed by atoms with Crippen molar-refractivity contribution in [1.82, 2.24) is 0 Å². The predicted octanol–water partition coefficient (Wildman–Crippen LogP) is 2.31. The zero-order chi connectivity index (χ0) is 10.1. The van der Waals surface area contributed by atoms with Gasteiger partial charge in [0.25, 0.3) is 0 Å². The van der Waals surface area contributed by atoms with Gasteiger partial charge in [0.2, 0.25) is 0 Å². The van der Waals surface area contributed by atoms with E-state index in [2.05, 4.69) is 24.3 Å². The Labute approximate surface area is 90.2 Å². The summed E-state index contributed by atoms with van der Waals surface area (Å²) in [5.74, 6) is 0. The number of rotatable bonds is 2. The molecule has 1 unspecified atom stereocenters. The van der Waals surface area contributed by atoms with Crippen molar-refractivity contribution < 1.29 is 9.47 Å².